The average Bonchev–Trinajstić information content (AvgIpc) is 1.75. The number of hydrogen-bond donors (Lipinski definition) is 1. The van der Waals surface area contributed by atoms with Crippen molar-refractivity contribution in [1.29, 1.82) is 0 Å². The Morgan fingerprint density at radius 1 is 1.50 bits per heavy atom. The van der Waals surface area contributed by atoms with Crippen LogP contribution in [0.3, 0.4) is 0 Å². The third kappa shape index (κ3) is 25.1. The van der Waals surface area contributed by atoms with Gasteiger partial charge in [0.25, 0.3) is 0 Å². The monoisotopic (exact) mass is 451 g/mol. The smallest absolute Gasteiger partial charge is 0.473 e. The second-order valence-electron chi connectivity index (χ2n) is 1.000. The van der Waals surface area contributed by atoms with E-state index in [1.165, 1.54) is 6.42 Å². The van der Waals surface area contributed by atoms with Gasteiger partial charge < -0.3 is 27.9 Å². The van der Waals surface area contributed by atoms with Crippen LogP contribution in [-0.4, -0.2) is 6.54 Å². The molecule has 0 aliphatic heterocycles. The maximum Gasteiger partial charge on any atom is 2.00 e. The molecule has 0 atom stereocenters. The molecule has 0 aliphatic carbocycles. The van der Waals surface area contributed by atoms with Crippen LogP contribution in [0.1, 0.15) is 13.3 Å². The first-order valence-electron chi connectivity index (χ1n) is 2.18. The Hall–Kier alpha value is 1.74. The number of nitrogens with one attached hydrogen (secondary N) is 1. The van der Waals surface area contributed by atoms with Gasteiger partial charge in [0, 0.05) is 0 Å². The summed E-state index contributed by atoms with van der Waals surface area (Å²) in [7, 11) is 3.43. The zero-order chi connectivity index (χ0) is 6.12. The maximum absolute atomic E-state index is 3.43. The molecule has 0 aromatic carbocycles. The Kier molecular flexibility index (Phi) is 47.7. The van der Waals surface area contributed by atoms with Crippen molar-refractivity contribution >= 4 is 22.6 Å². The van der Waals surface area contributed by atoms with Gasteiger partial charge in [-0.25, -0.2) is 0 Å². The molecular weight excluding hydrogens is 439 g/mol. The Labute approximate surface area is 89.9 Å². The summed E-state index contributed by atoms with van der Waals surface area (Å²) in [5, 5.41) is 2.77. The molecule has 1 N–H and O–H groups in total. The SMILES string of the molecule is [CH2-]I.[CH2-]NCCC.[U+2]. The van der Waals surface area contributed by atoms with Crippen LogP contribution in [0.5, 0.6) is 0 Å². The van der Waals surface area contributed by atoms with Gasteiger partial charge in [0.15, 0.2) is 0 Å². The van der Waals surface area contributed by atoms with E-state index in [-0.39, 0.29) is 31.1 Å². The Morgan fingerprint density at radius 3 is 1.88 bits per heavy atom. The minimum Gasteiger partial charge on any atom is -0.473 e. The minimum absolute atomic E-state index is 0. The van der Waals surface area contributed by atoms with Gasteiger partial charge in [0.2, 0.25) is 0 Å². The van der Waals surface area contributed by atoms with Gasteiger partial charge in [-0.1, -0.05) is 6.92 Å². The van der Waals surface area contributed by atoms with Gasteiger partial charge in [0.1, 0.15) is 0 Å². The molecule has 0 aromatic heterocycles. The summed E-state index contributed by atoms with van der Waals surface area (Å²) in [6.07, 6.45) is 1.17. The van der Waals surface area contributed by atoms with Crippen LogP contribution in [0, 0.1) is 43.1 Å². The predicted octanol–water partition coefficient (Wildman–Crippen LogP) is 1.99. The van der Waals surface area contributed by atoms with Gasteiger partial charge in [0.05, 0.1) is 0 Å². The molecule has 0 spiro atoms. The van der Waals surface area contributed by atoms with Crippen LogP contribution in [0.4, 0.5) is 0 Å². The third-order valence-electron chi connectivity index (χ3n) is 0.427. The predicted molar refractivity (Wildman–Crippen MR) is 43.0 cm³/mol. The summed E-state index contributed by atoms with van der Waals surface area (Å²) >= 11 is 1.90. The van der Waals surface area contributed by atoms with E-state index < -0.39 is 0 Å². The van der Waals surface area contributed by atoms with Crippen molar-refractivity contribution in [3.8, 4) is 0 Å². The minimum atomic E-state index is 0. The molecule has 0 bridgehead atoms. The van der Waals surface area contributed by atoms with E-state index in [1.807, 2.05) is 22.6 Å². The van der Waals surface area contributed by atoms with Gasteiger partial charge in [-0.15, -0.1) is 0 Å². The van der Waals surface area contributed by atoms with Crippen molar-refractivity contribution in [3.05, 3.63) is 12.0 Å². The molecule has 1 nitrogen and oxygen atoms in total. The molecule has 0 radical (unpaired) electrons. The molecule has 0 unspecified atom stereocenters. The Bertz CT molecular complexity index is 19.9. The van der Waals surface area contributed by atoms with Crippen molar-refractivity contribution in [2.75, 3.05) is 6.54 Å². The summed E-state index contributed by atoms with van der Waals surface area (Å²) in [5.74, 6) is 0. The molecule has 0 aliphatic rings. The fourth-order valence-electron chi connectivity index (χ4n) is 0.177. The van der Waals surface area contributed by atoms with Crippen LogP contribution in [0.2, 0.25) is 0 Å². The zero-order valence-electron chi connectivity index (χ0n) is 5.21. The van der Waals surface area contributed by atoms with Gasteiger partial charge in [-0.3, -0.25) is 12.0 Å². The molecule has 0 heterocycles. The van der Waals surface area contributed by atoms with Crippen LogP contribution >= 0.6 is 22.6 Å². The van der Waals surface area contributed by atoms with E-state index in [4.69, 9.17) is 0 Å². The van der Waals surface area contributed by atoms with E-state index >= 15 is 0 Å². The van der Waals surface area contributed by atoms with Crippen LogP contribution in [-0.2, 0) is 0 Å². The summed E-state index contributed by atoms with van der Waals surface area (Å²) in [6.45, 7) is 3.14. The van der Waals surface area contributed by atoms with Gasteiger partial charge >= 0.3 is 31.1 Å². The maximum atomic E-state index is 3.43. The fourth-order valence-corrected chi connectivity index (χ4v) is 0.177. The normalized spacial score (nSPS) is 6.00. The molecule has 0 amide bonds. The summed E-state index contributed by atoms with van der Waals surface area (Å²) < 4.78 is 0. The molecule has 0 fully saturated rings. The van der Waals surface area contributed by atoms with Crippen molar-refractivity contribution in [3.63, 3.8) is 0 Å². The summed E-state index contributed by atoms with van der Waals surface area (Å²) in [5.41, 5.74) is 0. The molecular formula is C5H12INU. The Morgan fingerprint density at radius 2 is 1.88 bits per heavy atom. The molecule has 48 valence electrons. The van der Waals surface area contributed by atoms with Crippen LogP contribution in [0.25, 0.3) is 0 Å². The second kappa shape index (κ2) is 23.3. The topological polar surface area (TPSA) is 12.0 Å². The average molecular weight is 451 g/mol. The number of halogens is 1. The standard InChI is InChI=1S/C4H10N.CH2I.U/c1-3-4-5-2;1-2;/h5H,2-4H2,1H3;1H2;/q2*-1;+2. The largest absolute Gasteiger partial charge is 2.00 e. The fraction of sp³-hybridized carbons (Fsp3) is 0.600. The first kappa shape index (κ1) is 16.4. The van der Waals surface area contributed by atoms with E-state index in [2.05, 4.69) is 24.2 Å². The van der Waals surface area contributed by atoms with Crippen molar-refractivity contribution in [2.45, 2.75) is 13.3 Å². The molecule has 0 saturated heterocycles. The molecule has 0 saturated carbocycles. The Balaban J connectivity index is -0.0000000750. The number of hydrogen-bond acceptors (Lipinski definition) is 1. The summed E-state index contributed by atoms with van der Waals surface area (Å²) in [6, 6.07) is 0. The number of rotatable bonds is 2. The van der Waals surface area contributed by atoms with E-state index in [9.17, 15) is 0 Å². The third-order valence-corrected chi connectivity index (χ3v) is 0.427. The zero-order valence-corrected chi connectivity index (χ0v) is 11.5. The molecule has 8 heavy (non-hydrogen) atoms. The second-order valence-corrected chi connectivity index (χ2v) is 1.000. The van der Waals surface area contributed by atoms with E-state index in [0.717, 1.165) is 6.54 Å². The van der Waals surface area contributed by atoms with Crippen LogP contribution < -0.4 is 5.32 Å². The first-order valence-corrected chi connectivity index (χ1v) is 3.71. The molecule has 3 heteroatoms. The van der Waals surface area contributed by atoms with Gasteiger partial charge in [-0.05, 0) is 13.0 Å². The molecule has 0 aromatic rings. The first-order chi connectivity index (χ1) is 3.41. The van der Waals surface area contributed by atoms with Crippen molar-refractivity contribution in [2.24, 2.45) is 0 Å². The van der Waals surface area contributed by atoms with Crippen LogP contribution in [0.15, 0.2) is 0 Å². The van der Waals surface area contributed by atoms with Gasteiger partial charge in [-0.2, -0.15) is 0 Å². The van der Waals surface area contributed by atoms with E-state index in [1.54, 1.807) is 0 Å². The van der Waals surface area contributed by atoms with Crippen molar-refractivity contribution < 1.29 is 31.1 Å². The quantitative estimate of drug-likeness (QED) is 0.501. The van der Waals surface area contributed by atoms with Crippen molar-refractivity contribution in [1.82, 2.24) is 5.32 Å². The molecule has 0 rings (SSSR count). The summed E-state index contributed by atoms with van der Waals surface area (Å²) in [4.78, 5) is 3.22. The van der Waals surface area contributed by atoms with E-state index in [0.29, 0.717) is 0 Å².